The second kappa shape index (κ2) is 8.72. The van der Waals surface area contributed by atoms with Crippen molar-refractivity contribution in [2.24, 2.45) is 4.99 Å². The van der Waals surface area contributed by atoms with Gasteiger partial charge in [-0.1, -0.05) is 6.92 Å². The van der Waals surface area contributed by atoms with Crippen LogP contribution in [0.25, 0.3) is 6.20 Å². The van der Waals surface area contributed by atoms with Crippen LogP contribution in [0.1, 0.15) is 13.3 Å². The molecule has 5 nitrogen and oxygen atoms in total. The molecule has 150 valence electrons. The number of nitrogens with zero attached hydrogens (tertiary/aromatic N) is 3. The minimum atomic E-state index is -4.36. The summed E-state index contributed by atoms with van der Waals surface area (Å²) in [5.74, 6) is 1.57. The van der Waals surface area contributed by atoms with Crippen LogP contribution in [0, 0.1) is 0 Å². The predicted molar refractivity (Wildman–Crippen MR) is 103 cm³/mol. The Morgan fingerprint density at radius 3 is 2.54 bits per heavy atom. The van der Waals surface area contributed by atoms with E-state index in [2.05, 4.69) is 11.9 Å². The average molecular weight is 411 g/mol. The molecular formula is C19H20F3N3O2S. The van der Waals surface area contributed by atoms with Crippen LogP contribution in [-0.4, -0.2) is 36.1 Å². The van der Waals surface area contributed by atoms with E-state index in [1.807, 2.05) is 17.2 Å². The van der Waals surface area contributed by atoms with Crippen LogP contribution in [0.15, 0.2) is 41.4 Å². The van der Waals surface area contributed by atoms with Gasteiger partial charge in [0.25, 0.3) is 0 Å². The first-order valence-corrected chi connectivity index (χ1v) is 9.75. The van der Waals surface area contributed by atoms with Crippen molar-refractivity contribution in [1.82, 2.24) is 4.98 Å². The fraction of sp³-hybridized carbons (Fsp3) is 0.368. The van der Waals surface area contributed by atoms with E-state index in [0.29, 0.717) is 11.4 Å². The maximum Gasteiger partial charge on any atom is 0.422 e. The number of benzene rings is 1. The van der Waals surface area contributed by atoms with Crippen molar-refractivity contribution in [3.63, 3.8) is 0 Å². The standard InChI is InChI=1S/C19H20F3N3O2S/c1-3-10-28-18-24-17-13(4-9-16(23-17)26-2)11-25(18)14-5-7-15(8-6-14)27-12-19(20,21)22/h4-9,11,18H,3,10,12H2,1-2H3. The molecule has 2 heterocycles. The summed E-state index contributed by atoms with van der Waals surface area (Å²) in [7, 11) is 1.55. The van der Waals surface area contributed by atoms with Crippen molar-refractivity contribution in [3.05, 3.63) is 47.1 Å². The molecule has 0 bridgehead atoms. The van der Waals surface area contributed by atoms with Crippen LogP contribution < -0.4 is 25.1 Å². The summed E-state index contributed by atoms with van der Waals surface area (Å²) in [6, 6.07) is 10.1. The summed E-state index contributed by atoms with van der Waals surface area (Å²) in [6.45, 7) is 0.777. The highest BCUT2D eigenvalue weighted by Crippen LogP contribution is 2.28. The third-order valence-corrected chi connectivity index (χ3v) is 5.12. The number of ether oxygens (including phenoxy) is 2. The molecule has 0 aliphatic carbocycles. The summed E-state index contributed by atoms with van der Waals surface area (Å²) < 4.78 is 46.9. The smallest absolute Gasteiger partial charge is 0.422 e. The first-order chi connectivity index (χ1) is 13.4. The number of anilines is 1. The van der Waals surface area contributed by atoms with Crippen LogP contribution in [0.4, 0.5) is 18.9 Å². The van der Waals surface area contributed by atoms with Gasteiger partial charge in [0.05, 0.1) is 7.11 Å². The van der Waals surface area contributed by atoms with Crippen LogP contribution >= 0.6 is 11.8 Å². The summed E-state index contributed by atoms with van der Waals surface area (Å²) in [4.78, 5) is 11.1. The van der Waals surface area contributed by atoms with Gasteiger partial charge in [0, 0.05) is 23.2 Å². The summed E-state index contributed by atoms with van der Waals surface area (Å²) in [5, 5.41) is 0.839. The van der Waals surface area contributed by atoms with E-state index in [4.69, 9.17) is 14.5 Å². The minimum absolute atomic E-state index is 0.166. The number of rotatable bonds is 7. The number of pyridine rings is 1. The number of methoxy groups -OCH3 is 1. The van der Waals surface area contributed by atoms with Crippen molar-refractivity contribution in [2.45, 2.75) is 25.0 Å². The van der Waals surface area contributed by atoms with E-state index in [0.717, 1.165) is 23.1 Å². The minimum Gasteiger partial charge on any atom is -0.484 e. The monoisotopic (exact) mass is 411 g/mol. The second-order valence-electron chi connectivity index (χ2n) is 6.03. The Labute approximate surface area is 164 Å². The molecule has 0 saturated carbocycles. The van der Waals surface area contributed by atoms with Crippen molar-refractivity contribution < 1.29 is 22.6 Å². The molecule has 1 aliphatic rings. The molecule has 0 N–H and O–H groups in total. The van der Waals surface area contributed by atoms with Gasteiger partial charge >= 0.3 is 6.18 Å². The Balaban J connectivity index is 1.88. The Morgan fingerprint density at radius 1 is 1.14 bits per heavy atom. The lowest BCUT2D eigenvalue weighted by atomic mass is 10.2. The van der Waals surface area contributed by atoms with Crippen molar-refractivity contribution in [2.75, 3.05) is 24.4 Å². The van der Waals surface area contributed by atoms with Crippen molar-refractivity contribution in [3.8, 4) is 11.6 Å². The van der Waals surface area contributed by atoms with Gasteiger partial charge in [0.2, 0.25) is 5.88 Å². The van der Waals surface area contributed by atoms with Crippen molar-refractivity contribution >= 4 is 23.6 Å². The van der Waals surface area contributed by atoms with Gasteiger partial charge in [-0.15, -0.1) is 11.8 Å². The second-order valence-corrected chi connectivity index (χ2v) is 7.19. The lowest BCUT2D eigenvalue weighted by Gasteiger charge is -2.29. The topological polar surface area (TPSA) is 47.0 Å². The molecule has 1 aromatic heterocycles. The average Bonchev–Trinajstić information content (AvgIpc) is 2.69. The third-order valence-electron chi connectivity index (χ3n) is 3.85. The molecular weight excluding hydrogens is 391 g/mol. The molecule has 3 rings (SSSR count). The Bertz CT molecular complexity index is 920. The van der Waals surface area contributed by atoms with Gasteiger partial charge in [-0.3, -0.25) is 0 Å². The number of halogens is 3. The van der Waals surface area contributed by atoms with Gasteiger partial charge in [0.1, 0.15) is 5.75 Å². The lowest BCUT2D eigenvalue weighted by Crippen LogP contribution is -2.42. The number of fused-ring (bicyclic) bond motifs is 1. The quantitative estimate of drug-likeness (QED) is 0.700. The van der Waals surface area contributed by atoms with Gasteiger partial charge < -0.3 is 14.4 Å². The zero-order chi connectivity index (χ0) is 20.1. The molecule has 1 aliphatic heterocycles. The molecule has 0 saturated heterocycles. The van der Waals surface area contributed by atoms with E-state index in [1.165, 1.54) is 12.1 Å². The molecule has 0 amide bonds. The number of aromatic nitrogens is 1. The van der Waals surface area contributed by atoms with Gasteiger partial charge in [0.15, 0.2) is 17.6 Å². The van der Waals surface area contributed by atoms with Crippen LogP contribution in [0.3, 0.4) is 0 Å². The largest absolute Gasteiger partial charge is 0.484 e. The zero-order valence-electron chi connectivity index (χ0n) is 15.4. The fourth-order valence-electron chi connectivity index (χ4n) is 2.56. The van der Waals surface area contributed by atoms with Gasteiger partial charge in [-0.05, 0) is 42.5 Å². The molecule has 2 aromatic rings. The van der Waals surface area contributed by atoms with Crippen LogP contribution in [0.2, 0.25) is 0 Å². The SMILES string of the molecule is CCCSC1N=c2nc(OC)ccc2=CN1c1ccc(OCC(F)(F)F)cc1. The number of hydrogen-bond donors (Lipinski definition) is 0. The Morgan fingerprint density at radius 2 is 1.89 bits per heavy atom. The number of hydrogen-bond acceptors (Lipinski definition) is 6. The molecule has 0 fully saturated rings. The molecule has 1 atom stereocenters. The fourth-order valence-corrected chi connectivity index (χ4v) is 3.53. The third kappa shape index (κ3) is 5.09. The summed E-state index contributed by atoms with van der Waals surface area (Å²) in [5.41, 5.74) is 1.18. The van der Waals surface area contributed by atoms with E-state index in [-0.39, 0.29) is 11.2 Å². The van der Waals surface area contributed by atoms with E-state index in [9.17, 15) is 13.2 Å². The molecule has 9 heteroatoms. The maximum atomic E-state index is 12.3. The van der Waals surface area contributed by atoms with Crippen LogP contribution in [0.5, 0.6) is 11.6 Å². The number of thioether (sulfide) groups is 1. The van der Waals surface area contributed by atoms with E-state index in [1.54, 1.807) is 37.1 Å². The highest BCUT2D eigenvalue weighted by molar-refractivity contribution is 8.00. The molecule has 0 spiro atoms. The molecule has 1 aromatic carbocycles. The zero-order valence-corrected chi connectivity index (χ0v) is 16.3. The highest BCUT2D eigenvalue weighted by atomic mass is 32.2. The van der Waals surface area contributed by atoms with E-state index >= 15 is 0 Å². The van der Waals surface area contributed by atoms with E-state index < -0.39 is 12.8 Å². The summed E-state index contributed by atoms with van der Waals surface area (Å²) in [6.07, 6.45) is -1.43. The predicted octanol–water partition coefficient (Wildman–Crippen LogP) is 3.34. The first kappa shape index (κ1) is 20.3. The first-order valence-electron chi connectivity index (χ1n) is 8.70. The van der Waals surface area contributed by atoms with Gasteiger partial charge in [-0.25, -0.2) is 4.99 Å². The normalized spacial score (nSPS) is 16.0. The highest BCUT2D eigenvalue weighted by Gasteiger charge is 2.28. The molecule has 28 heavy (non-hydrogen) atoms. The maximum absolute atomic E-state index is 12.3. The van der Waals surface area contributed by atoms with Gasteiger partial charge in [-0.2, -0.15) is 18.2 Å². The lowest BCUT2D eigenvalue weighted by molar-refractivity contribution is -0.153. The van der Waals surface area contributed by atoms with Crippen LogP contribution in [-0.2, 0) is 0 Å². The summed E-state index contributed by atoms with van der Waals surface area (Å²) >= 11 is 1.66. The Kier molecular flexibility index (Phi) is 6.33. The number of alkyl halides is 3. The molecule has 1 unspecified atom stereocenters. The Hall–Kier alpha value is -2.42. The molecule has 0 radical (unpaired) electrons. The van der Waals surface area contributed by atoms with Crippen molar-refractivity contribution in [1.29, 1.82) is 0 Å².